The highest BCUT2D eigenvalue weighted by Crippen LogP contribution is 2.33. The summed E-state index contributed by atoms with van der Waals surface area (Å²) >= 11 is 0. The molecule has 5 aromatic rings. The molecule has 0 spiro atoms. The van der Waals surface area contributed by atoms with Gasteiger partial charge in [-0.25, -0.2) is 9.37 Å². The standard InChI is InChI=1S/C24H21FN6/c25-17-4-1-15(2-5-17)21-23-20(9-12-27-21)28-24(29-23)22-18-13-16(3-6-19(18)30-31-22)14-7-10-26-11-8-14/h1-6,9,12-14,26H,7-8,10-11H2,(H,28,29)(H,30,31). The van der Waals surface area contributed by atoms with Crippen molar-refractivity contribution in [3.05, 3.63) is 66.1 Å². The lowest BCUT2D eigenvalue weighted by molar-refractivity contribution is 0.460. The summed E-state index contributed by atoms with van der Waals surface area (Å²) in [6, 6.07) is 14.8. The van der Waals surface area contributed by atoms with E-state index in [9.17, 15) is 4.39 Å². The molecular formula is C24H21FN6. The number of rotatable bonds is 3. The van der Waals surface area contributed by atoms with E-state index in [-0.39, 0.29) is 5.82 Å². The van der Waals surface area contributed by atoms with Crippen LogP contribution in [-0.2, 0) is 0 Å². The average Bonchev–Trinajstić information content (AvgIpc) is 3.43. The first-order valence-corrected chi connectivity index (χ1v) is 10.6. The van der Waals surface area contributed by atoms with Crippen molar-refractivity contribution in [1.82, 2.24) is 30.5 Å². The van der Waals surface area contributed by atoms with Gasteiger partial charge < -0.3 is 10.3 Å². The van der Waals surface area contributed by atoms with Crippen LogP contribution in [0.15, 0.2) is 54.7 Å². The van der Waals surface area contributed by atoms with Crippen molar-refractivity contribution >= 4 is 21.9 Å². The highest BCUT2D eigenvalue weighted by Gasteiger charge is 2.19. The van der Waals surface area contributed by atoms with Crippen LogP contribution in [0.2, 0.25) is 0 Å². The van der Waals surface area contributed by atoms with Crippen LogP contribution in [-0.4, -0.2) is 38.2 Å². The Kier molecular flexibility index (Phi) is 4.28. The zero-order chi connectivity index (χ0) is 20.8. The SMILES string of the molecule is Fc1ccc(-c2nccc3[nH]c(-c4n[nH]c5ccc(C6CCNCC6)cc45)nc23)cc1. The number of hydrogen-bond acceptors (Lipinski definition) is 4. The molecule has 2 aromatic carbocycles. The number of hydrogen-bond donors (Lipinski definition) is 3. The van der Waals surface area contributed by atoms with Crippen molar-refractivity contribution in [2.75, 3.05) is 13.1 Å². The number of pyridine rings is 1. The van der Waals surface area contributed by atoms with Crippen LogP contribution in [0, 0.1) is 5.82 Å². The summed E-state index contributed by atoms with van der Waals surface area (Å²) in [5, 5.41) is 12.2. The van der Waals surface area contributed by atoms with Crippen molar-refractivity contribution in [2.24, 2.45) is 0 Å². The van der Waals surface area contributed by atoms with Crippen LogP contribution in [0.25, 0.3) is 44.7 Å². The molecule has 1 aliphatic rings. The third-order valence-corrected chi connectivity index (χ3v) is 6.14. The van der Waals surface area contributed by atoms with Gasteiger partial charge in [-0.3, -0.25) is 10.1 Å². The Morgan fingerprint density at radius 2 is 1.74 bits per heavy atom. The monoisotopic (exact) mass is 412 g/mol. The molecule has 1 aliphatic heterocycles. The number of aromatic amines is 2. The van der Waals surface area contributed by atoms with Gasteiger partial charge in [0, 0.05) is 17.1 Å². The molecule has 0 radical (unpaired) electrons. The molecule has 7 heteroatoms. The molecule has 1 fully saturated rings. The summed E-state index contributed by atoms with van der Waals surface area (Å²) in [5.74, 6) is 0.990. The minimum atomic E-state index is -0.272. The molecule has 6 rings (SSSR count). The summed E-state index contributed by atoms with van der Waals surface area (Å²) in [7, 11) is 0. The first kappa shape index (κ1) is 18.2. The molecule has 31 heavy (non-hydrogen) atoms. The van der Waals surface area contributed by atoms with Gasteiger partial charge in [-0.2, -0.15) is 5.10 Å². The number of nitrogens with one attached hydrogen (secondary N) is 3. The van der Waals surface area contributed by atoms with Crippen molar-refractivity contribution < 1.29 is 4.39 Å². The van der Waals surface area contributed by atoms with E-state index >= 15 is 0 Å². The number of benzene rings is 2. The van der Waals surface area contributed by atoms with Crippen LogP contribution in [0.3, 0.4) is 0 Å². The highest BCUT2D eigenvalue weighted by atomic mass is 19.1. The predicted octanol–water partition coefficient (Wildman–Crippen LogP) is 4.77. The second-order valence-electron chi connectivity index (χ2n) is 8.05. The van der Waals surface area contributed by atoms with Crippen molar-refractivity contribution in [3.63, 3.8) is 0 Å². The number of aromatic nitrogens is 5. The van der Waals surface area contributed by atoms with E-state index in [1.165, 1.54) is 17.7 Å². The lowest BCUT2D eigenvalue weighted by Gasteiger charge is -2.23. The molecule has 3 aromatic heterocycles. The molecule has 0 amide bonds. The van der Waals surface area contributed by atoms with E-state index in [1.54, 1.807) is 18.3 Å². The third kappa shape index (κ3) is 3.18. The van der Waals surface area contributed by atoms with Gasteiger partial charge >= 0.3 is 0 Å². The Bertz CT molecular complexity index is 1380. The number of nitrogens with zero attached hydrogens (tertiary/aromatic N) is 3. The second-order valence-corrected chi connectivity index (χ2v) is 8.05. The van der Waals surface area contributed by atoms with Gasteiger partial charge in [0.05, 0.1) is 16.7 Å². The molecule has 6 nitrogen and oxygen atoms in total. The molecule has 4 heterocycles. The topological polar surface area (TPSA) is 82.3 Å². The minimum absolute atomic E-state index is 0.272. The average molecular weight is 412 g/mol. The Hall–Kier alpha value is -3.58. The van der Waals surface area contributed by atoms with Crippen LogP contribution in [0.1, 0.15) is 24.3 Å². The second kappa shape index (κ2) is 7.28. The van der Waals surface area contributed by atoms with Crippen LogP contribution in [0.4, 0.5) is 4.39 Å². The minimum Gasteiger partial charge on any atom is -0.336 e. The lowest BCUT2D eigenvalue weighted by Crippen LogP contribution is -2.26. The fourth-order valence-corrected chi connectivity index (χ4v) is 4.49. The zero-order valence-corrected chi connectivity index (χ0v) is 16.8. The Morgan fingerprint density at radius 3 is 2.58 bits per heavy atom. The lowest BCUT2D eigenvalue weighted by atomic mass is 9.89. The molecule has 154 valence electrons. The summed E-state index contributed by atoms with van der Waals surface area (Å²) in [5.41, 5.74) is 6.30. The van der Waals surface area contributed by atoms with E-state index in [4.69, 9.17) is 4.98 Å². The van der Waals surface area contributed by atoms with E-state index < -0.39 is 0 Å². The predicted molar refractivity (Wildman–Crippen MR) is 119 cm³/mol. The van der Waals surface area contributed by atoms with E-state index in [1.807, 2.05) is 6.07 Å². The van der Waals surface area contributed by atoms with Gasteiger partial charge in [-0.1, -0.05) is 6.07 Å². The number of halogens is 1. The first-order valence-electron chi connectivity index (χ1n) is 10.6. The van der Waals surface area contributed by atoms with Crippen LogP contribution < -0.4 is 5.32 Å². The number of fused-ring (bicyclic) bond motifs is 2. The smallest absolute Gasteiger partial charge is 0.159 e. The van der Waals surface area contributed by atoms with E-state index in [2.05, 4.69) is 43.7 Å². The van der Waals surface area contributed by atoms with Gasteiger partial charge in [0.15, 0.2) is 5.82 Å². The Morgan fingerprint density at radius 1 is 0.903 bits per heavy atom. The van der Waals surface area contributed by atoms with Crippen molar-refractivity contribution in [3.8, 4) is 22.8 Å². The van der Waals surface area contributed by atoms with Gasteiger partial charge in [0.2, 0.25) is 0 Å². The Balaban J connectivity index is 1.46. The van der Waals surface area contributed by atoms with Crippen molar-refractivity contribution in [2.45, 2.75) is 18.8 Å². The maximum absolute atomic E-state index is 13.4. The molecular weight excluding hydrogens is 391 g/mol. The van der Waals surface area contributed by atoms with E-state index in [0.29, 0.717) is 11.7 Å². The zero-order valence-electron chi connectivity index (χ0n) is 16.8. The third-order valence-electron chi connectivity index (χ3n) is 6.14. The van der Waals surface area contributed by atoms with Gasteiger partial charge in [0.25, 0.3) is 0 Å². The first-order chi connectivity index (χ1) is 15.3. The fraction of sp³-hybridized carbons (Fsp3) is 0.208. The van der Waals surface area contributed by atoms with Gasteiger partial charge in [0.1, 0.15) is 17.0 Å². The Labute approximate surface area is 177 Å². The van der Waals surface area contributed by atoms with Crippen LogP contribution in [0.5, 0.6) is 0 Å². The molecule has 0 unspecified atom stereocenters. The number of piperidine rings is 1. The molecule has 0 bridgehead atoms. The fourth-order valence-electron chi connectivity index (χ4n) is 4.49. The maximum atomic E-state index is 13.4. The molecule has 0 aliphatic carbocycles. The highest BCUT2D eigenvalue weighted by molar-refractivity contribution is 5.96. The molecule has 0 atom stereocenters. The van der Waals surface area contributed by atoms with Gasteiger partial charge in [-0.15, -0.1) is 0 Å². The summed E-state index contributed by atoms with van der Waals surface area (Å²) < 4.78 is 13.4. The maximum Gasteiger partial charge on any atom is 0.159 e. The summed E-state index contributed by atoms with van der Waals surface area (Å²) in [4.78, 5) is 12.7. The number of imidazole rings is 1. The molecule has 1 saturated heterocycles. The van der Waals surface area contributed by atoms with Gasteiger partial charge in [-0.05, 0) is 79.9 Å². The number of H-pyrrole nitrogens is 2. The molecule has 3 N–H and O–H groups in total. The quantitative estimate of drug-likeness (QED) is 0.399. The summed E-state index contributed by atoms with van der Waals surface area (Å²) in [6.07, 6.45) is 4.03. The van der Waals surface area contributed by atoms with Crippen molar-refractivity contribution in [1.29, 1.82) is 0 Å². The van der Waals surface area contributed by atoms with Crippen LogP contribution >= 0.6 is 0 Å². The molecule has 0 saturated carbocycles. The van der Waals surface area contributed by atoms with E-state index in [0.717, 1.165) is 64.8 Å². The normalized spacial score (nSPS) is 15.1. The largest absolute Gasteiger partial charge is 0.336 e. The summed E-state index contributed by atoms with van der Waals surface area (Å²) in [6.45, 7) is 2.12.